The molecule has 0 aromatic carbocycles. The second kappa shape index (κ2) is 7.10. The average Bonchev–Trinajstić information content (AvgIpc) is 3.27. The molecule has 1 atom stereocenters. The molecule has 12 heteroatoms. The molecule has 4 heterocycles. The first-order valence-electron chi connectivity index (χ1n) is 9.10. The zero-order valence-corrected chi connectivity index (χ0v) is 15.6. The van der Waals surface area contributed by atoms with Gasteiger partial charge in [0.1, 0.15) is 5.69 Å². The molecule has 4 rings (SSSR count). The zero-order valence-electron chi connectivity index (χ0n) is 15.6. The Morgan fingerprint density at radius 1 is 1.28 bits per heavy atom. The molecule has 1 saturated heterocycles. The fourth-order valence-electron chi connectivity index (χ4n) is 3.58. The largest absolute Gasteiger partial charge is 0.401 e. The predicted molar refractivity (Wildman–Crippen MR) is 95.7 cm³/mol. The van der Waals surface area contributed by atoms with E-state index >= 15 is 0 Å². The number of hydrogen-bond donors (Lipinski definition) is 2. The van der Waals surface area contributed by atoms with Gasteiger partial charge in [-0.15, -0.1) is 0 Å². The molecule has 156 valence electrons. The van der Waals surface area contributed by atoms with Crippen molar-refractivity contribution in [2.45, 2.75) is 19.4 Å². The Hall–Kier alpha value is -3.02. The van der Waals surface area contributed by atoms with Crippen molar-refractivity contribution in [2.75, 3.05) is 38.1 Å². The smallest absolute Gasteiger partial charge is 0.336 e. The van der Waals surface area contributed by atoms with Crippen LogP contribution in [0.25, 0.3) is 0 Å². The van der Waals surface area contributed by atoms with E-state index in [2.05, 4.69) is 15.8 Å². The molecule has 2 aliphatic rings. The van der Waals surface area contributed by atoms with Gasteiger partial charge < -0.3 is 10.2 Å². The summed E-state index contributed by atoms with van der Waals surface area (Å²) >= 11 is 0. The van der Waals surface area contributed by atoms with Crippen molar-refractivity contribution in [3.8, 4) is 0 Å². The van der Waals surface area contributed by atoms with Crippen molar-refractivity contribution in [3.05, 3.63) is 41.5 Å². The molecule has 0 bridgehead atoms. The van der Waals surface area contributed by atoms with Gasteiger partial charge in [-0.1, -0.05) is 0 Å². The Balaban J connectivity index is 1.44. The fourth-order valence-corrected chi connectivity index (χ4v) is 3.58. The van der Waals surface area contributed by atoms with Crippen molar-refractivity contribution in [3.63, 3.8) is 0 Å². The third-order valence-corrected chi connectivity index (χ3v) is 5.09. The number of carbonyl (C=O) groups excluding carboxylic acids is 2. The van der Waals surface area contributed by atoms with Crippen LogP contribution in [0.3, 0.4) is 0 Å². The van der Waals surface area contributed by atoms with Gasteiger partial charge in [0.05, 0.1) is 24.0 Å². The first-order valence-corrected chi connectivity index (χ1v) is 9.10. The maximum absolute atomic E-state index is 12.8. The Bertz CT molecular complexity index is 928. The molecule has 1 unspecified atom stereocenters. The van der Waals surface area contributed by atoms with Crippen LogP contribution in [0.5, 0.6) is 0 Å². The number of nitrogens with zero attached hydrogens (tertiary/aromatic N) is 5. The number of halogens is 3. The molecule has 9 nitrogen and oxygen atoms in total. The van der Waals surface area contributed by atoms with E-state index < -0.39 is 19.0 Å². The lowest BCUT2D eigenvalue weighted by Gasteiger charge is -2.35. The van der Waals surface area contributed by atoms with Crippen LogP contribution in [0.4, 0.5) is 13.2 Å². The third-order valence-electron chi connectivity index (χ3n) is 5.09. The van der Waals surface area contributed by atoms with Crippen LogP contribution < -0.4 is 10.7 Å². The average molecular weight is 411 g/mol. The third kappa shape index (κ3) is 3.79. The van der Waals surface area contributed by atoms with Gasteiger partial charge in [0.25, 0.3) is 11.8 Å². The highest BCUT2D eigenvalue weighted by molar-refractivity contribution is 5.95. The number of rotatable bonds is 3. The predicted octanol–water partition coefficient (Wildman–Crippen LogP) is 0.756. The van der Waals surface area contributed by atoms with E-state index in [0.717, 1.165) is 0 Å². The molecule has 2 aliphatic heterocycles. The maximum atomic E-state index is 12.8. The molecule has 29 heavy (non-hydrogen) atoms. The van der Waals surface area contributed by atoms with E-state index in [1.54, 1.807) is 29.9 Å². The number of piperazine rings is 1. The summed E-state index contributed by atoms with van der Waals surface area (Å²) in [6.45, 7) is 1.49. The second-order valence-electron chi connectivity index (χ2n) is 7.04. The Morgan fingerprint density at radius 2 is 2.00 bits per heavy atom. The highest BCUT2D eigenvalue weighted by Gasteiger charge is 2.34. The van der Waals surface area contributed by atoms with Crippen molar-refractivity contribution in [1.82, 2.24) is 29.6 Å². The van der Waals surface area contributed by atoms with E-state index in [0.29, 0.717) is 17.0 Å². The highest BCUT2D eigenvalue weighted by Crippen LogP contribution is 2.20. The van der Waals surface area contributed by atoms with E-state index in [1.807, 2.05) is 0 Å². The molecule has 0 radical (unpaired) electrons. The van der Waals surface area contributed by atoms with Crippen LogP contribution in [-0.4, -0.2) is 75.0 Å². The van der Waals surface area contributed by atoms with Crippen LogP contribution in [0.2, 0.25) is 0 Å². The van der Waals surface area contributed by atoms with Crippen molar-refractivity contribution in [1.29, 1.82) is 0 Å². The number of nitrogens with one attached hydrogen (secondary N) is 2. The number of amides is 2. The van der Waals surface area contributed by atoms with Gasteiger partial charge in [-0.3, -0.25) is 24.6 Å². The minimum Gasteiger partial charge on any atom is -0.336 e. The van der Waals surface area contributed by atoms with Crippen LogP contribution in [0.15, 0.2) is 24.5 Å². The van der Waals surface area contributed by atoms with Crippen molar-refractivity contribution >= 4 is 11.8 Å². The number of alkyl halides is 3. The number of carbonyl (C=O) groups is 2. The zero-order chi connectivity index (χ0) is 20.8. The Kier molecular flexibility index (Phi) is 4.73. The number of aromatic nitrogens is 3. The first kappa shape index (κ1) is 19.3. The first-order chi connectivity index (χ1) is 13.7. The molecular formula is C17H20F3N7O2. The van der Waals surface area contributed by atoms with Crippen molar-refractivity contribution in [2.24, 2.45) is 0 Å². The van der Waals surface area contributed by atoms with E-state index in [1.165, 1.54) is 20.7 Å². The van der Waals surface area contributed by atoms with Gasteiger partial charge in [-0.05, 0) is 19.1 Å². The van der Waals surface area contributed by atoms with E-state index in [-0.39, 0.29) is 38.0 Å². The van der Waals surface area contributed by atoms with Crippen LogP contribution in [0, 0.1) is 6.92 Å². The molecule has 2 aromatic heterocycles. The summed E-state index contributed by atoms with van der Waals surface area (Å²) in [5.74, 6) is -0.563. The molecule has 2 N–H and O–H groups in total. The summed E-state index contributed by atoms with van der Waals surface area (Å²) in [6.07, 6.45) is -1.81. The molecule has 0 aliphatic carbocycles. The molecule has 0 saturated carbocycles. The molecule has 1 fully saturated rings. The summed E-state index contributed by atoms with van der Waals surface area (Å²) in [7, 11) is 0. The summed E-state index contributed by atoms with van der Waals surface area (Å²) in [4.78, 5) is 27.8. The lowest BCUT2D eigenvalue weighted by atomic mass is 10.2. The quantitative estimate of drug-likeness (QED) is 0.779. The standard InChI is InChI=1S/C17H20F3N7O2/c1-11-12(15(29)25-7-5-24(6-8-25)10-17(18,19)20)9-21-27(11)16-22-14(28)13-3-2-4-26(13)23-16/h2-4,9,16,23H,5-8,10H2,1H3,(H,22,28). The summed E-state index contributed by atoms with van der Waals surface area (Å²) in [5.41, 5.74) is 4.42. The minimum absolute atomic E-state index is 0.162. The molecular weight excluding hydrogens is 391 g/mol. The monoisotopic (exact) mass is 411 g/mol. The minimum atomic E-state index is -4.25. The Morgan fingerprint density at radius 3 is 2.69 bits per heavy atom. The van der Waals surface area contributed by atoms with Crippen LogP contribution >= 0.6 is 0 Å². The van der Waals surface area contributed by atoms with Gasteiger partial charge in [0.2, 0.25) is 6.29 Å². The van der Waals surface area contributed by atoms with Gasteiger partial charge in [0.15, 0.2) is 0 Å². The van der Waals surface area contributed by atoms with Gasteiger partial charge in [-0.2, -0.15) is 18.3 Å². The second-order valence-corrected chi connectivity index (χ2v) is 7.04. The number of fused-ring (bicyclic) bond motifs is 1. The van der Waals surface area contributed by atoms with Gasteiger partial charge in [0, 0.05) is 32.4 Å². The molecule has 2 aromatic rings. The SMILES string of the molecule is Cc1c(C(=O)N2CCN(CC(F)(F)F)CC2)cnn1C1NC(=O)c2cccn2N1. The highest BCUT2D eigenvalue weighted by atomic mass is 19.4. The van der Waals surface area contributed by atoms with E-state index in [4.69, 9.17) is 0 Å². The van der Waals surface area contributed by atoms with E-state index in [9.17, 15) is 22.8 Å². The lowest BCUT2D eigenvalue weighted by Crippen LogP contribution is -2.51. The maximum Gasteiger partial charge on any atom is 0.401 e. The van der Waals surface area contributed by atoms with Gasteiger partial charge in [-0.25, -0.2) is 4.68 Å². The summed E-state index contributed by atoms with van der Waals surface area (Å²) < 4.78 is 40.6. The summed E-state index contributed by atoms with van der Waals surface area (Å²) in [6, 6.07) is 3.40. The number of hydrogen-bond acceptors (Lipinski definition) is 5. The van der Waals surface area contributed by atoms with Crippen LogP contribution in [0.1, 0.15) is 32.8 Å². The lowest BCUT2D eigenvalue weighted by molar-refractivity contribution is -0.148. The normalized spacial score (nSPS) is 20.2. The topological polar surface area (TPSA) is 87.4 Å². The van der Waals surface area contributed by atoms with Crippen LogP contribution in [-0.2, 0) is 0 Å². The summed E-state index contributed by atoms with van der Waals surface area (Å²) in [5, 5.41) is 7.00. The molecule has 0 spiro atoms. The Labute approximate surface area is 164 Å². The fraction of sp³-hybridized carbons (Fsp3) is 0.471. The molecule has 2 amide bonds. The van der Waals surface area contributed by atoms with Gasteiger partial charge >= 0.3 is 6.18 Å². The van der Waals surface area contributed by atoms with Crippen molar-refractivity contribution < 1.29 is 22.8 Å².